The summed E-state index contributed by atoms with van der Waals surface area (Å²) < 4.78 is 30.4. The lowest BCUT2D eigenvalue weighted by atomic mass is 9.92. The molecule has 188 valence electrons. The van der Waals surface area contributed by atoms with E-state index >= 15 is 0 Å². The molecule has 0 spiro atoms. The number of carbonyl (C=O) groups excluding carboxylic acids is 1. The molecular weight excluding hydrogens is 528 g/mol. The molecule has 35 heavy (non-hydrogen) atoms. The molecule has 3 aromatic rings. The minimum atomic E-state index is -3.86. The number of aromatic nitrogens is 2. The molecule has 0 atom stereocenters. The summed E-state index contributed by atoms with van der Waals surface area (Å²) in [4.78, 5) is 13.3. The Morgan fingerprint density at radius 2 is 1.77 bits per heavy atom. The Hall–Kier alpha value is -2.49. The fourth-order valence-electron chi connectivity index (χ4n) is 3.55. The molecule has 1 N–H and O–H groups in total. The second-order valence-corrected chi connectivity index (χ2v) is 13.0. The first-order valence-corrected chi connectivity index (χ1v) is 13.7. The van der Waals surface area contributed by atoms with Gasteiger partial charge in [-0.05, 0) is 54.8 Å². The highest BCUT2D eigenvalue weighted by Gasteiger charge is 2.28. The van der Waals surface area contributed by atoms with Gasteiger partial charge in [-0.1, -0.05) is 62.7 Å². The SMILES string of the molecule is Cc1cccc(-n2nc(C(C)(C)C)cc2NC(=O)CN(CC(C)C)S(=O)(=O)c2ccc(Br)cc2)c1. The Labute approximate surface area is 216 Å². The Kier molecular flexibility index (Phi) is 8.24. The molecule has 0 aliphatic heterocycles. The predicted molar refractivity (Wildman–Crippen MR) is 143 cm³/mol. The summed E-state index contributed by atoms with van der Waals surface area (Å²) in [5.74, 6) is 0.106. The Morgan fingerprint density at radius 1 is 1.11 bits per heavy atom. The summed E-state index contributed by atoms with van der Waals surface area (Å²) in [6, 6.07) is 16.1. The van der Waals surface area contributed by atoms with Crippen LogP contribution in [0.25, 0.3) is 5.69 Å². The van der Waals surface area contributed by atoms with Crippen molar-refractivity contribution < 1.29 is 13.2 Å². The lowest BCUT2D eigenvalue weighted by molar-refractivity contribution is -0.116. The van der Waals surface area contributed by atoms with Crippen LogP contribution in [0.5, 0.6) is 0 Å². The molecule has 0 aliphatic rings. The van der Waals surface area contributed by atoms with Gasteiger partial charge in [-0.25, -0.2) is 13.1 Å². The number of sulfonamides is 1. The predicted octanol–water partition coefficient (Wildman–Crippen LogP) is 5.53. The van der Waals surface area contributed by atoms with Crippen LogP contribution in [-0.2, 0) is 20.2 Å². The largest absolute Gasteiger partial charge is 0.309 e. The van der Waals surface area contributed by atoms with Crippen LogP contribution in [0.3, 0.4) is 0 Å². The smallest absolute Gasteiger partial charge is 0.243 e. The number of rotatable bonds is 8. The topological polar surface area (TPSA) is 84.3 Å². The zero-order chi connectivity index (χ0) is 26.0. The minimum Gasteiger partial charge on any atom is -0.309 e. The number of carbonyl (C=O) groups is 1. The molecule has 0 bridgehead atoms. The Morgan fingerprint density at radius 3 is 2.34 bits per heavy atom. The standard InChI is InChI=1S/C26H33BrN4O3S/c1-18(2)16-30(35(33,34)22-12-10-20(27)11-13-22)17-25(32)28-24-15-23(26(4,5)6)29-31(24)21-9-7-8-19(3)14-21/h7-15,18H,16-17H2,1-6H3,(H,28,32). The Bertz CT molecular complexity index is 1290. The van der Waals surface area contributed by atoms with Gasteiger partial charge < -0.3 is 5.32 Å². The van der Waals surface area contributed by atoms with Gasteiger partial charge in [0.05, 0.1) is 22.8 Å². The van der Waals surface area contributed by atoms with Gasteiger partial charge in [0.25, 0.3) is 0 Å². The number of hydrogen-bond donors (Lipinski definition) is 1. The number of nitrogens with zero attached hydrogens (tertiary/aromatic N) is 3. The molecule has 7 nitrogen and oxygen atoms in total. The normalized spacial score (nSPS) is 12.4. The summed E-state index contributed by atoms with van der Waals surface area (Å²) >= 11 is 3.33. The van der Waals surface area contributed by atoms with Crippen molar-refractivity contribution in [1.29, 1.82) is 0 Å². The second-order valence-electron chi connectivity index (χ2n) is 10.1. The summed E-state index contributed by atoms with van der Waals surface area (Å²) in [6.07, 6.45) is 0. The highest BCUT2D eigenvalue weighted by molar-refractivity contribution is 9.10. The van der Waals surface area contributed by atoms with Crippen LogP contribution in [-0.4, -0.2) is 41.5 Å². The van der Waals surface area contributed by atoms with Gasteiger partial charge in [-0.3, -0.25) is 4.79 Å². The van der Waals surface area contributed by atoms with Crippen LogP contribution >= 0.6 is 15.9 Å². The number of aryl methyl sites for hydroxylation is 1. The number of anilines is 1. The van der Waals surface area contributed by atoms with Crippen LogP contribution in [0.1, 0.15) is 45.9 Å². The van der Waals surface area contributed by atoms with Crippen molar-refractivity contribution in [2.75, 3.05) is 18.4 Å². The monoisotopic (exact) mass is 560 g/mol. The van der Waals surface area contributed by atoms with E-state index in [4.69, 9.17) is 5.10 Å². The summed E-state index contributed by atoms with van der Waals surface area (Å²) in [6.45, 7) is 11.9. The molecule has 0 radical (unpaired) electrons. The van der Waals surface area contributed by atoms with E-state index in [2.05, 4.69) is 42.0 Å². The average molecular weight is 562 g/mol. The first-order valence-electron chi connectivity index (χ1n) is 11.5. The van der Waals surface area contributed by atoms with Crippen LogP contribution in [0.2, 0.25) is 0 Å². The van der Waals surface area contributed by atoms with Crippen molar-refractivity contribution in [3.8, 4) is 5.69 Å². The molecule has 3 rings (SSSR count). The molecular formula is C26H33BrN4O3S. The van der Waals surface area contributed by atoms with Crippen molar-refractivity contribution in [2.24, 2.45) is 5.92 Å². The molecule has 0 fully saturated rings. The maximum absolute atomic E-state index is 13.3. The van der Waals surface area contributed by atoms with E-state index in [1.54, 1.807) is 16.8 Å². The molecule has 1 heterocycles. The summed E-state index contributed by atoms with van der Waals surface area (Å²) in [7, 11) is -3.86. The van der Waals surface area contributed by atoms with Crippen LogP contribution in [0.4, 0.5) is 5.82 Å². The van der Waals surface area contributed by atoms with Gasteiger partial charge in [0.15, 0.2) is 0 Å². The third kappa shape index (κ3) is 6.80. The van der Waals surface area contributed by atoms with Gasteiger partial charge >= 0.3 is 0 Å². The lowest BCUT2D eigenvalue weighted by Crippen LogP contribution is -2.40. The fourth-order valence-corrected chi connectivity index (χ4v) is 5.37. The van der Waals surface area contributed by atoms with E-state index in [9.17, 15) is 13.2 Å². The lowest BCUT2D eigenvalue weighted by Gasteiger charge is -2.23. The molecule has 1 amide bonds. The fraction of sp³-hybridized carbons (Fsp3) is 0.385. The van der Waals surface area contributed by atoms with E-state index < -0.39 is 15.9 Å². The first kappa shape index (κ1) is 27.1. The molecule has 9 heteroatoms. The maximum Gasteiger partial charge on any atom is 0.243 e. The molecule has 2 aromatic carbocycles. The van der Waals surface area contributed by atoms with Gasteiger partial charge in [0.2, 0.25) is 15.9 Å². The van der Waals surface area contributed by atoms with Gasteiger partial charge in [-0.2, -0.15) is 9.40 Å². The number of amides is 1. The molecule has 0 saturated heterocycles. The quantitative estimate of drug-likeness (QED) is 0.392. The number of hydrogen-bond acceptors (Lipinski definition) is 4. The van der Waals surface area contributed by atoms with Crippen LogP contribution in [0.15, 0.2) is 64.0 Å². The Balaban J connectivity index is 1.92. The highest BCUT2D eigenvalue weighted by Crippen LogP contribution is 2.27. The highest BCUT2D eigenvalue weighted by atomic mass is 79.9. The van der Waals surface area contributed by atoms with Crippen molar-refractivity contribution in [3.63, 3.8) is 0 Å². The zero-order valence-corrected chi connectivity index (χ0v) is 23.4. The number of halogens is 1. The van der Waals surface area contributed by atoms with E-state index in [-0.39, 0.29) is 29.3 Å². The molecule has 0 unspecified atom stereocenters. The van der Waals surface area contributed by atoms with Gasteiger partial charge in [0.1, 0.15) is 5.82 Å². The van der Waals surface area contributed by atoms with E-state index in [1.165, 1.54) is 16.4 Å². The molecule has 0 aliphatic carbocycles. The summed E-state index contributed by atoms with van der Waals surface area (Å²) in [5.41, 5.74) is 2.47. The van der Waals surface area contributed by atoms with Crippen molar-refractivity contribution in [3.05, 3.63) is 70.3 Å². The second kappa shape index (κ2) is 10.6. The van der Waals surface area contributed by atoms with Crippen molar-refractivity contribution in [1.82, 2.24) is 14.1 Å². The summed E-state index contributed by atoms with van der Waals surface area (Å²) in [5, 5.41) is 7.65. The molecule has 0 saturated carbocycles. The number of nitrogens with one attached hydrogen (secondary N) is 1. The number of benzene rings is 2. The molecule has 1 aromatic heterocycles. The van der Waals surface area contributed by atoms with Gasteiger partial charge in [-0.15, -0.1) is 0 Å². The maximum atomic E-state index is 13.3. The minimum absolute atomic E-state index is 0.0401. The van der Waals surface area contributed by atoms with Gasteiger partial charge in [0, 0.05) is 22.5 Å². The van der Waals surface area contributed by atoms with Crippen molar-refractivity contribution >= 4 is 37.7 Å². The first-order chi connectivity index (χ1) is 16.3. The third-order valence-electron chi connectivity index (χ3n) is 5.33. The van der Waals surface area contributed by atoms with E-state index in [0.717, 1.165) is 21.4 Å². The third-order valence-corrected chi connectivity index (χ3v) is 7.69. The van der Waals surface area contributed by atoms with Crippen LogP contribution in [0, 0.1) is 12.8 Å². The van der Waals surface area contributed by atoms with E-state index in [1.807, 2.05) is 51.1 Å². The van der Waals surface area contributed by atoms with E-state index in [0.29, 0.717) is 5.82 Å². The zero-order valence-electron chi connectivity index (χ0n) is 21.0. The average Bonchev–Trinajstić information content (AvgIpc) is 3.17. The van der Waals surface area contributed by atoms with Crippen molar-refractivity contribution in [2.45, 2.75) is 51.9 Å². The van der Waals surface area contributed by atoms with Crippen LogP contribution < -0.4 is 5.32 Å².